The van der Waals surface area contributed by atoms with Crippen LogP contribution in [0.4, 0.5) is 13.2 Å². The molecule has 0 aliphatic carbocycles. The van der Waals surface area contributed by atoms with Crippen LogP contribution in [0, 0.1) is 17.5 Å². The third-order valence-electron chi connectivity index (χ3n) is 6.40. The lowest BCUT2D eigenvalue weighted by Gasteiger charge is -2.41. The van der Waals surface area contributed by atoms with Gasteiger partial charge in [0.25, 0.3) is 11.8 Å². The fourth-order valence-corrected chi connectivity index (χ4v) is 4.21. The first-order valence-electron chi connectivity index (χ1n) is 12.3. The van der Waals surface area contributed by atoms with E-state index in [1.165, 1.54) is 15.8 Å². The molecule has 0 fully saturated rings. The Kier molecular flexibility index (Phi) is 8.42. The summed E-state index contributed by atoms with van der Waals surface area (Å²) in [6, 6.07) is 9.49. The summed E-state index contributed by atoms with van der Waals surface area (Å²) in [6.45, 7) is 8.85. The number of halogens is 3. The number of pyridine rings is 1. The lowest BCUT2D eigenvalue weighted by atomic mass is 10.1. The zero-order valence-corrected chi connectivity index (χ0v) is 21.7. The number of hydrogen-bond acceptors (Lipinski definition) is 5. The molecule has 0 saturated carbocycles. The molecule has 0 unspecified atom stereocenters. The van der Waals surface area contributed by atoms with Crippen molar-refractivity contribution < 1.29 is 27.5 Å². The first-order chi connectivity index (χ1) is 19.2. The van der Waals surface area contributed by atoms with Crippen molar-refractivity contribution in [2.24, 2.45) is 0 Å². The molecule has 1 atom stereocenters. The monoisotopic (exact) mass is 552 g/mol. The SMILES string of the molecule is C=CCN1CN([C@@H](C)C=C)C(=O)c2c(OCc3ccccc3)c(=O)c(C(=O)NCc3c(F)cc(F)cc3F)cn21. The van der Waals surface area contributed by atoms with Crippen LogP contribution in [0.5, 0.6) is 5.75 Å². The van der Waals surface area contributed by atoms with Gasteiger partial charge in [-0.05, 0) is 12.5 Å². The van der Waals surface area contributed by atoms with Gasteiger partial charge in [0.05, 0.1) is 6.54 Å². The molecule has 0 spiro atoms. The van der Waals surface area contributed by atoms with Crippen molar-refractivity contribution in [2.75, 3.05) is 18.2 Å². The van der Waals surface area contributed by atoms with E-state index in [4.69, 9.17) is 4.74 Å². The van der Waals surface area contributed by atoms with Gasteiger partial charge in [-0.2, -0.15) is 0 Å². The molecule has 2 amide bonds. The number of benzene rings is 2. The van der Waals surface area contributed by atoms with Crippen LogP contribution in [0.3, 0.4) is 0 Å². The second-order valence-corrected chi connectivity index (χ2v) is 9.07. The summed E-state index contributed by atoms with van der Waals surface area (Å²) in [5, 5.41) is 3.96. The smallest absolute Gasteiger partial charge is 0.278 e. The number of ether oxygens (including phenoxy) is 1. The molecular formula is C29H27F3N4O4. The van der Waals surface area contributed by atoms with Crippen molar-refractivity contribution in [1.29, 1.82) is 0 Å². The van der Waals surface area contributed by atoms with Gasteiger partial charge in [-0.25, -0.2) is 13.2 Å². The molecule has 4 rings (SSSR count). The van der Waals surface area contributed by atoms with E-state index >= 15 is 0 Å². The fourth-order valence-electron chi connectivity index (χ4n) is 4.21. The number of amides is 2. The number of carbonyl (C=O) groups is 2. The summed E-state index contributed by atoms with van der Waals surface area (Å²) < 4.78 is 48.8. The number of aromatic nitrogens is 1. The Labute approximate surface area is 228 Å². The summed E-state index contributed by atoms with van der Waals surface area (Å²) >= 11 is 0. The maximum absolute atomic E-state index is 14.1. The number of rotatable bonds is 10. The Morgan fingerprint density at radius 2 is 1.80 bits per heavy atom. The molecule has 1 aliphatic rings. The van der Waals surface area contributed by atoms with E-state index in [2.05, 4.69) is 18.5 Å². The standard InChI is InChI=1S/C29H27F3N4O4/c1-4-11-34-17-35(18(3)5-2)29(39)25-27(40-16-19-9-7-6-8-10-19)26(37)22(15-36(25)34)28(38)33-14-21-23(31)12-20(30)13-24(21)32/h4-10,12-13,15,18H,1-2,11,14,16-17H2,3H3,(H,33,38)/t18-/m0/s1. The van der Waals surface area contributed by atoms with E-state index in [1.807, 2.05) is 6.07 Å². The number of hydrogen-bond donors (Lipinski definition) is 1. The molecule has 0 saturated heterocycles. The van der Waals surface area contributed by atoms with Crippen LogP contribution in [-0.4, -0.2) is 40.6 Å². The summed E-state index contributed by atoms with van der Waals surface area (Å²) in [5.41, 5.74) is -1.29. The van der Waals surface area contributed by atoms with E-state index in [1.54, 1.807) is 48.4 Å². The highest BCUT2D eigenvalue weighted by Gasteiger charge is 2.36. The van der Waals surface area contributed by atoms with Gasteiger partial charge in [0, 0.05) is 36.5 Å². The molecule has 3 aromatic rings. The van der Waals surface area contributed by atoms with E-state index < -0.39 is 58.4 Å². The number of fused-ring (bicyclic) bond motifs is 1. The quantitative estimate of drug-likeness (QED) is 0.386. The molecule has 40 heavy (non-hydrogen) atoms. The van der Waals surface area contributed by atoms with Crippen LogP contribution in [0.1, 0.15) is 38.9 Å². The highest BCUT2D eigenvalue weighted by molar-refractivity contribution is 5.99. The van der Waals surface area contributed by atoms with Crippen LogP contribution in [0.25, 0.3) is 0 Å². The van der Waals surface area contributed by atoms with Crippen molar-refractivity contribution >= 4 is 11.8 Å². The average molecular weight is 553 g/mol. The molecule has 0 bridgehead atoms. The molecule has 1 N–H and O–H groups in total. The Hall–Kier alpha value is -4.80. The van der Waals surface area contributed by atoms with Crippen molar-refractivity contribution in [1.82, 2.24) is 14.9 Å². The normalized spacial score (nSPS) is 13.4. The number of nitrogens with zero attached hydrogens (tertiary/aromatic N) is 3. The molecule has 208 valence electrons. The van der Waals surface area contributed by atoms with Gasteiger partial charge in [-0.15, -0.1) is 13.2 Å². The van der Waals surface area contributed by atoms with Gasteiger partial charge in [0.15, 0.2) is 11.4 Å². The lowest BCUT2D eigenvalue weighted by Crippen LogP contribution is -2.56. The first kappa shape index (κ1) is 28.2. The van der Waals surface area contributed by atoms with Crippen molar-refractivity contribution in [3.63, 3.8) is 0 Å². The molecule has 1 aromatic heterocycles. The van der Waals surface area contributed by atoms with Gasteiger partial charge in [0.1, 0.15) is 36.3 Å². The molecule has 0 radical (unpaired) electrons. The molecule has 2 heterocycles. The lowest BCUT2D eigenvalue weighted by molar-refractivity contribution is 0.0649. The highest BCUT2D eigenvalue weighted by Crippen LogP contribution is 2.25. The van der Waals surface area contributed by atoms with Crippen molar-refractivity contribution in [2.45, 2.75) is 26.1 Å². The largest absolute Gasteiger partial charge is 0.482 e. The first-order valence-corrected chi connectivity index (χ1v) is 12.3. The predicted molar refractivity (Wildman–Crippen MR) is 143 cm³/mol. The molecular weight excluding hydrogens is 525 g/mol. The maximum atomic E-state index is 14.1. The predicted octanol–water partition coefficient (Wildman–Crippen LogP) is 3.89. The third kappa shape index (κ3) is 5.63. The van der Waals surface area contributed by atoms with E-state index in [0.29, 0.717) is 17.7 Å². The fraction of sp³-hybridized carbons (Fsp3) is 0.207. The van der Waals surface area contributed by atoms with E-state index in [-0.39, 0.29) is 31.3 Å². The van der Waals surface area contributed by atoms with Gasteiger partial charge >= 0.3 is 0 Å². The second-order valence-electron chi connectivity index (χ2n) is 9.07. The minimum absolute atomic E-state index is 0.0775. The second kappa shape index (κ2) is 11.9. The van der Waals surface area contributed by atoms with Gasteiger partial charge in [-0.3, -0.25) is 24.1 Å². The van der Waals surface area contributed by atoms with Crippen LogP contribution < -0.4 is 20.5 Å². The summed E-state index contributed by atoms with van der Waals surface area (Å²) in [5.74, 6) is -5.34. The summed E-state index contributed by atoms with van der Waals surface area (Å²) in [6.07, 6.45) is 4.34. The van der Waals surface area contributed by atoms with E-state index in [9.17, 15) is 27.6 Å². The van der Waals surface area contributed by atoms with Crippen molar-refractivity contribution in [3.05, 3.63) is 124 Å². The Morgan fingerprint density at radius 1 is 1.12 bits per heavy atom. The topological polar surface area (TPSA) is 83.9 Å². The highest BCUT2D eigenvalue weighted by atomic mass is 19.1. The average Bonchev–Trinajstić information content (AvgIpc) is 2.93. The van der Waals surface area contributed by atoms with Crippen LogP contribution in [0.2, 0.25) is 0 Å². The van der Waals surface area contributed by atoms with Crippen LogP contribution in [-0.2, 0) is 13.2 Å². The summed E-state index contributed by atoms with van der Waals surface area (Å²) in [7, 11) is 0. The van der Waals surface area contributed by atoms with Crippen molar-refractivity contribution in [3.8, 4) is 5.75 Å². The zero-order valence-electron chi connectivity index (χ0n) is 21.7. The minimum Gasteiger partial charge on any atom is -0.482 e. The Bertz CT molecular complexity index is 1500. The summed E-state index contributed by atoms with van der Waals surface area (Å²) in [4.78, 5) is 41.9. The molecule has 2 aromatic carbocycles. The number of nitrogens with one attached hydrogen (secondary N) is 1. The molecule has 8 nitrogen and oxygen atoms in total. The van der Waals surface area contributed by atoms with E-state index in [0.717, 1.165) is 0 Å². The van der Waals surface area contributed by atoms with Gasteiger partial charge in [0.2, 0.25) is 5.43 Å². The molecule has 1 aliphatic heterocycles. The Morgan fingerprint density at radius 3 is 2.42 bits per heavy atom. The Balaban J connectivity index is 1.79. The zero-order chi connectivity index (χ0) is 29.0. The number of carbonyl (C=O) groups excluding carboxylic acids is 2. The third-order valence-corrected chi connectivity index (χ3v) is 6.40. The van der Waals surface area contributed by atoms with Gasteiger partial charge < -0.3 is 15.0 Å². The minimum atomic E-state index is -1.19. The maximum Gasteiger partial charge on any atom is 0.278 e. The van der Waals surface area contributed by atoms with Crippen LogP contribution in [0.15, 0.2) is 78.8 Å². The van der Waals surface area contributed by atoms with Gasteiger partial charge in [-0.1, -0.05) is 42.5 Å². The molecule has 11 heteroatoms. The van der Waals surface area contributed by atoms with Crippen LogP contribution >= 0.6 is 0 Å².